The van der Waals surface area contributed by atoms with Crippen LogP contribution in [-0.2, 0) is 15.8 Å². The summed E-state index contributed by atoms with van der Waals surface area (Å²) >= 11 is 5.89. The van der Waals surface area contributed by atoms with Crippen molar-refractivity contribution in [1.29, 1.82) is 0 Å². The van der Waals surface area contributed by atoms with Crippen molar-refractivity contribution in [2.75, 3.05) is 18.4 Å². The maximum atomic E-state index is 12.2. The van der Waals surface area contributed by atoms with E-state index in [0.717, 1.165) is 11.4 Å². The molecule has 0 fully saturated rings. The van der Waals surface area contributed by atoms with Gasteiger partial charge in [0.25, 0.3) is 0 Å². The summed E-state index contributed by atoms with van der Waals surface area (Å²) in [5.74, 6) is 1.11. The highest BCUT2D eigenvalue weighted by Gasteiger charge is 2.11. The van der Waals surface area contributed by atoms with Crippen molar-refractivity contribution in [3.05, 3.63) is 64.7 Å². The highest BCUT2D eigenvalue weighted by Crippen LogP contribution is 2.13. The highest BCUT2D eigenvalue weighted by molar-refractivity contribution is 7.88. The number of anilines is 1. The standard InChI is InChI=1S/C18H21ClN6O2S/c1-13-8-14(2)25(24-13)18-10-17(21-12-22-18)20-6-7-23-28(26,27)11-15-4-3-5-16(19)9-15/h3-5,8-10,12,23H,6-7,11H2,1-2H3,(H,20,21,22). The maximum absolute atomic E-state index is 12.2. The zero-order valence-corrected chi connectivity index (χ0v) is 17.1. The third-order valence-electron chi connectivity index (χ3n) is 3.88. The van der Waals surface area contributed by atoms with Crippen molar-refractivity contribution in [1.82, 2.24) is 24.5 Å². The number of rotatable bonds is 8. The molecule has 1 aromatic carbocycles. The van der Waals surface area contributed by atoms with Crippen LogP contribution in [0, 0.1) is 13.8 Å². The second-order valence-electron chi connectivity index (χ2n) is 6.31. The normalized spacial score (nSPS) is 11.5. The Kier molecular flexibility index (Phi) is 6.28. The van der Waals surface area contributed by atoms with Crippen LogP contribution < -0.4 is 10.0 Å². The third-order valence-corrected chi connectivity index (χ3v) is 5.47. The smallest absolute Gasteiger partial charge is 0.215 e. The molecule has 3 aromatic rings. The number of hydrogen-bond acceptors (Lipinski definition) is 6. The van der Waals surface area contributed by atoms with E-state index in [0.29, 0.717) is 28.8 Å². The summed E-state index contributed by atoms with van der Waals surface area (Å²) in [4.78, 5) is 8.39. The van der Waals surface area contributed by atoms with Crippen LogP contribution in [0.2, 0.25) is 5.02 Å². The molecule has 0 bridgehead atoms. The summed E-state index contributed by atoms with van der Waals surface area (Å²) in [6, 6.07) is 10.5. The lowest BCUT2D eigenvalue weighted by Gasteiger charge is -2.10. The van der Waals surface area contributed by atoms with Crippen molar-refractivity contribution in [3.63, 3.8) is 0 Å². The van der Waals surface area contributed by atoms with Gasteiger partial charge in [-0.2, -0.15) is 5.10 Å². The number of halogens is 1. The molecule has 148 valence electrons. The molecule has 2 N–H and O–H groups in total. The highest BCUT2D eigenvalue weighted by atomic mass is 35.5. The molecule has 2 heterocycles. The molecule has 0 aliphatic rings. The minimum atomic E-state index is -3.46. The van der Waals surface area contributed by atoms with Crippen LogP contribution in [0.5, 0.6) is 0 Å². The molecular formula is C18H21ClN6O2S. The van der Waals surface area contributed by atoms with Gasteiger partial charge in [0.05, 0.1) is 11.4 Å². The van der Waals surface area contributed by atoms with Gasteiger partial charge in [0.15, 0.2) is 5.82 Å². The lowest BCUT2D eigenvalue weighted by Crippen LogP contribution is -2.30. The van der Waals surface area contributed by atoms with Crippen LogP contribution >= 0.6 is 11.6 Å². The first-order valence-corrected chi connectivity index (χ1v) is 10.7. The van der Waals surface area contributed by atoms with Crippen molar-refractivity contribution in [3.8, 4) is 5.82 Å². The van der Waals surface area contributed by atoms with Gasteiger partial charge in [-0.15, -0.1) is 0 Å². The largest absolute Gasteiger partial charge is 0.369 e. The van der Waals surface area contributed by atoms with Crippen molar-refractivity contribution < 1.29 is 8.42 Å². The van der Waals surface area contributed by atoms with E-state index in [-0.39, 0.29) is 12.3 Å². The van der Waals surface area contributed by atoms with E-state index < -0.39 is 10.0 Å². The molecule has 3 rings (SSSR count). The monoisotopic (exact) mass is 420 g/mol. The first-order valence-electron chi connectivity index (χ1n) is 8.64. The number of nitrogens with one attached hydrogen (secondary N) is 2. The van der Waals surface area contributed by atoms with E-state index in [1.165, 1.54) is 6.33 Å². The van der Waals surface area contributed by atoms with Gasteiger partial charge in [0.1, 0.15) is 12.1 Å². The predicted octanol–water partition coefficient (Wildman–Crippen LogP) is 2.46. The first kappa shape index (κ1) is 20.2. The molecule has 0 radical (unpaired) electrons. The lowest BCUT2D eigenvalue weighted by atomic mass is 10.2. The molecule has 10 heteroatoms. The summed E-state index contributed by atoms with van der Waals surface area (Å²) in [7, 11) is -3.46. The minimum Gasteiger partial charge on any atom is -0.369 e. The van der Waals surface area contributed by atoms with E-state index >= 15 is 0 Å². The SMILES string of the molecule is Cc1cc(C)n(-c2cc(NCCNS(=O)(=O)Cc3cccc(Cl)c3)ncn2)n1. The molecular weight excluding hydrogens is 400 g/mol. The fourth-order valence-corrected chi connectivity index (χ4v) is 4.06. The predicted molar refractivity (Wildman–Crippen MR) is 109 cm³/mol. The zero-order chi connectivity index (χ0) is 20.1. The molecule has 0 spiro atoms. The van der Waals surface area contributed by atoms with Gasteiger partial charge < -0.3 is 5.32 Å². The van der Waals surface area contributed by atoms with Gasteiger partial charge >= 0.3 is 0 Å². The summed E-state index contributed by atoms with van der Waals surface area (Å²) in [6.45, 7) is 4.47. The maximum Gasteiger partial charge on any atom is 0.215 e. The van der Waals surface area contributed by atoms with Gasteiger partial charge in [0, 0.05) is 29.9 Å². The molecule has 8 nitrogen and oxygen atoms in total. The number of sulfonamides is 1. The van der Waals surface area contributed by atoms with Gasteiger partial charge in [-0.05, 0) is 37.6 Å². The van der Waals surface area contributed by atoms with Crippen LogP contribution in [0.3, 0.4) is 0 Å². The molecule has 0 atom stereocenters. The number of nitrogens with zero attached hydrogens (tertiary/aromatic N) is 4. The van der Waals surface area contributed by atoms with Gasteiger partial charge in [-0.1, -0.05) is 23.7 Å². The zero-order valence-electron chi connectivity index (χ0n) is 15.6. The average molecular weight is 421 g/mol. The van der Waals surface area contributed by atoms with Gasteiger partial charge in [0.2, 0.25) is 10.0 Å². The second-order valence-corrected chi connectivity index (χ2v) is 8.55. The quantitative estimate of drug-likeness (QED) is 0.543. The number of aryl methyl sites for hydroxylation is 2. The van der Waals surface area contributed by atoms with Gasteiger partial charge in [-0.3, -0.25) is 0 Å². The molecule has 28 heavy (non-hydrogen) atoms. The fraction of sp³-hybridized carbons (Fsp3) is 0.278. The van der Waals surface area contributed by atoms with Crippen molar-refractivity contribution >= 4 is 27.4 Å². The number of benzene rings is 1. The molecule has 0 saturated heterocycles. The Morgan fingerprint density at radius 3 is 2.64 bits per heavy atom. The summed E-state index contributed by atoms with van der Waals surface area (Å²) < 4.78 is 28.7. The van der Waals surface area contributed by atoms with Crippen molar-refractivity contribution in [2.24, 2.45) is 0 Å². The molecule has 0 aliphatic carbocycles. The molecule has 0 aliphatic heterocycles. The van der Waals surface area contributed by atoms with E-state index in [1.54, 1.807) is 35.0 Å². The lowest BCUT2D eigenvalue weighted by molar-refractivity contribution is 0.582. The summed E-state index contributed by atoms with van der Waals surface area (Å²) in [5, 5.41) is 7.99. The average Bonchev–Trinajstić information content (AvgIpc) is 2.97. The second kappa shape index (κ2) is 8.68. The van der Waals surface area contributed by atoms with E-state index in [9.17, 15) is 8.42 Å². The Balaban J connectivity index is 1.54. The van der Waals surface area contributed by atoms with Crippen LogP contribution in [0.15, 0.2) is 42.7 Å². The van der Waals surface area contributed by atoms with E-state index in [1.807, 2.05) is 19.9 Å². The number of aromatic nitrogens is 4. The molecule has 2 aromatic heterocycles. The van der Waals surface area contributed by atoms with Crippen molar-refractivity contribution in [2.45, 2.75) is 19.6 Å². The Morgan fingerprint density at radius 1 is 1.11 bits per heavy atom. The molecule has 0 saturated carbocycles. The first-order chi connectivity index (χ1) is 13.3. The minimum absolute atomic E-state index is 0.122. The van der Waals surface area contributed by atoms with Crippen LogP contribution in [0.1, 0.15) is 17.0 Å². The third kappa shape index (κ3) is 5.51. The molecule has 0 unspecified atom stereocenters. The molecule has 0 amide bonds. The fourth-order valence-electron chi connectivity index (χ4n) is 2.71. The van der Waals surface area contributed by atoms with Crippen LogP contribution in [-0.4, -0.2) is 41.3 Å². The van der Waals surface area contributed by atoms with Gasteiger partial charge in [-0.25, -0.2) is 27.8 Å². The number of hydrogen-bond donors (Lipinski definition) is 2. The Labute approximate surface area is 169 Å². The Bertz CT molecular complexity index is 1070. The topological polar surface area (TPSA) is 102 Å². The Hall–Kier alpha value is -2.49. The van der Waals surface area contributed by atoms with E-state index in [2.05, 4.69) is 25.1 Å². The van der Waals surface area contributed by atoms with E-state index in [4.69, 9.17) is 11.6 Å². The van der Waals surface area contributed by atoms with Crippen LogP contribution in [0.4, 0.5) is 5.82 Å². The summed E-state index contributed by atoms with van der Waals surface area (Å²) in [5.41, 5.74) is 2.51. The Morgan fingerprint density at radius 2 is 1.93 bits per heavy atom. The van der Waals surface area contributed by atoms with Crippen LogP contribution in [0.25, 0.3) is 5.82 Å². The summed E-state index contributed by atoms with van der Waals surface area (Å²) in [6.07, 6.45) is 1.44.